The Morgan fingerprint density at radius 3 is 2.64 bits per heavy atom. The first-order valence-electron chi connectivity index (χ1n) is 4.48. The van der Waals surface area contributed by atoms with Crippen LogP contribution in [0.15, 0.2) is 18.2 Å². The number of ketones is 1. The molecule has 0 aliphatic rings. The molecule has 0 heterocycles. The van der Waals surface area contributed by atoms with E-state index >= 15 is 0 Å². The number of halogens is 2. The van der Waals surface area contributed by atoms with Crippen LogP contribution in [0, 0.1) is 3.57 Å². The molecule has 0 aliphatic heterocycles. The molecule has 1 atom stereocenters. The maximum absolute atomic E-state index is 11.2. The molecule has 0 aromatic heterocycles. The quantitative estimate of drug-likeness (QED) is 0.586. The van der Waals surface area contributed by atoms with Gasteiger partial charge in [0, 0.05) is 3.57 Å². The van der Waals surface area contributed by atoms with Gasteiger partial charge in [-0.05, 0) is 59.2 Å². The standard InChI is InChI=1S/C11H12BrIO/c1-3-8-4-9(6-10(13)5-8)11(12)7(2)14/h4-6,11H,3H2,1-2H3. The summed E-state index contributed by atoms with van der Waals surface area (Å²) in [6.07, 6.45) is 1.00. The van der Waals surface area contributed by atoms with E-state index in [2.05, 4.69) is 57.6 Å². The smallest absolute Gasteiger partial charge is 0.147 e. The van der Waals surface area contributed by atoms with Crippen LogP contribution in [0.3, 0.4) is 0 Å². The zero-order chi connectivity index (χ0) is 10.7. The van der Waals surface area contributed by atoms with Crippen LogP contribution in [0.4, 0.5) is 0 Å². The van der Waals surface area contributed by atoms with Gasteiger partial charge in [-0.25, -0.2) is 0 Å². The molecule has 14 heavy (non-hydrogen) atoms. The highest BCUT2D eigenvalue weighted by Crippen LogP contribution is 2.26. The van der Waals surface area contributed by atoms with Crippen molar-refractivity contribution < 1.29 is 4.79 Å². The van der Waals surface area contributed by atoms with E-state index in [1.807, 2.05) is 6.07 Å². The van der Waals surface area contributed by atoms with E-state index in [1.54, 1.807) is 6.92 Å². The van der Waals surface area contributed by atoms with Crippen molar-refractivity contribution in [1.82, 2.24) is 0 Å². The van der Waals surface area contributed by atoms with Gasteiger partial charge in [-0.3, -0.25) is 4.79 Å². The lowest BCUT2D eigenvalue weighted by Crippen LogP contribution is -2.02. The van der Waals surface area contributed by atoms with Crippen molar-refractivity contribution in [3.63, 3.8) is 0 Å². The van der Waals surface area contributed by atoms with E-state index < -0.39 is 0 Å². The predicted molar refractivity (Wildman–Crippen MR) is 70.9 cm³/mol. The van der Waals surface area contributed by atoms with Crippen LogP contribution in [0.5, 0.6) is 0 Å². The van der Waals surface area contributed by atoms with Gasteiger partial charge >= 0.3 is 0 Å². The first-order chi connectivity index (χ1) is 6.54. The summed E-state index contributed by atoms with van der Waals surface area (Å²) in [5.74, 6) is 0.147. The Kier molecular flexibility index (Phi) is 4.57. The molecule has 0 spiro atoms. The van der Waals surface area contributed by atoms with Gasteiger partial charge in [-0.1, -0.05) is 28.9 Å². The van der Waals surface area contributed by atoms with E-state index in [0.717, 1.165) is 12.0 Å². The Bertz CT molecular complexity index is 349. The van der Waals surface area contributed by atoms with Gasteiger partial charge in [0.15, 0.2) is 0 Å². The molecule has 1 rings (SSSR count). The summed E-state index contributed by atoms with van der Waals surface area (Å²) >= 11 is 5.67. The summed E-state index contributed by atoms with van der Waals surface area (Å²) in [5.41, 5.74) is 2.33. The Balaban J connectivity index is 3.08. The lowest BCUT2D eigenvalue weighted by Gasteiger charge is -2.09. The first kappa shape index (κ1) is 12.2. The lowest BCUT2D eigenvalue weighted by molar-refractivity contribution is -0.116. The second kappa shape index (κ2) is 5.26. The number of benzene rings is 1. The molecule has 1 aromatic rings. The summed E-state index contributed by atoms with van der Waals surface area (Å²) in [6.45, 7) is 3.72. The second-order valence-electron chi connectivity index (χ2n) is 3.22. The third-order valence-corrected chi connectivity index (χ3v) is 3.83. The van der Waals surface area contributed by atoms with Crippen molar-refractivity contribution in [3.05, 3.63) is 32.9 Å². The number of Topliss-reactive ketones (excluding diaryl/α,β-unsaturated/α-hetero) is 1. The molecule has 0 N–H and O–H groups in total. The van der Waals surface area contributed by atoms with Gasteiger partial charge in [0.05, 0.1) is 4.83 Å². The van der Waals surface area contributed by atoms with Crippen LogP contribution in [0.25, 0.3) is 0 Å². The maximum Gasteiger partial charge on any atom is 0.147 e. The highest BCUT2D eigenvalue weighted by molar-refractivity contribution is 14.1. The van der Waals surface area contributed by atoms with Gasteiger partial charge in [0.25, 0.3) is 0 Å². The van der Waals surface area contributed by atoms with Gasteiger partial charge in [0.1, 0.15) is 5.78 Å². The van der Waals surface area contributed by atoms with E-state index in [9.17, 15) is 4.79 Å². The van der Waals surface area contributed by atoms with Crippen molar-refractivity contribution in [1.29, 1.82) is 0 Å². The van der Waals surface area contributed by atoms with E-state index in [-0.39, 0.29) is 10.6 Å². The molecule has 0 radical (unpaired) electrons. The van der Waals surface area contributed by atoms with Crippen molar-refractivity contribution in [2.24, 2.45) is 0 Å². The number of hydrogen-bond donors (Lipinski definition) is 0. The Hall–Kier alpha value is 0.1000. The Labute approximate surface area is 107 Å². The number of carbonyl (C=O) groups is 1. The van der Waals surface area contributed by atoms with E-state index in [1.165, 1.54) is 9.13 Å². The normalized spacial score (nSPS) is 12.6. The molecule has 76 valence electrons. The first-order valence-corrected chi connectivity index (χ1v) is 6.48. The van der Waals surface area contributed by atoms with Crippen LogP contribution in [0.1, 0.15) is 29.8 Å². The number of rotatable bonds is 3. The molecule has 3 heteroatoms. The van der Waals surface area contributed by atoms with Gasteiger partial charge in [-0.15, -0.1) is 0 Å². The highest BCUT2D eigenvalue weighted by Gasteiger charge is 2.13. The van der Waals surface area contributed by atoms with Crippen LogP contribution in [-0.2, 0) is 11.2 Å². The summed E-state index contributed by atoms with van der Waals surface area (Å²) in [6, 6.07) is 6.27. The van der Waals surface area contributed by atoms with Crippen molar-refractivity contribution >= 4 is 44.3 Å². The van der Waals surface area contributed by atoms with Crippen molar-refractivity contribution in [2.45, 2.75) is 25.1 Å². The summed E-state index contributed by atoms with van der Waals surface area (Å²) in [7, 11) is 0. The topological polar surface area (TPSA) is 17.1 Å². The minimum Gasteiger partial charge on any atom is -0.298 e. The summed E-state index contributed by atoms with van der Waals surface area (Å²) < 4.78 is 1.18. The van der Waals surface area contributed by atoms with Crippen LogP contribution in [-0.4, -0.2) is 5.78 Å². The van der Waals surface area contributed by atoms with Crippen molar-refractivity contribution in [2.75, 3.05) is 0 Å². The fourth-order valence-corrected chi connectivity index (χ4v) is 2.28. The zero-order valence-corrected chi connectivity index (χ0v) is 11.9. The molecule has 0 amide bonds. The molecule has 0 bridgehead atoms. The molecular weight excluding hydrogens is 355 g/mol. The second-order valence-corrected chi connectivity index (χ2v) is 5.38. The average molecular weight is 367 g/mol. The largest absolute Gasteiger partial charge is 0.298 e. The van der Waals surface area contributed by atoms with Crippen LogP contribution >= 0.6 is 38.5 Å². The summed E-state index contributed by atoms with van der Waals surface area (Å²) in [4.78, 5) is 11.0. The third-order valence-electron chi connectivity index (χ3n) is 2.04. The molecule has 0 fully saturated rings. The number of alkyl halides is 1. The maximum atomic E-state index is 11.2. The SMILES string of the molecule is CCc1cc(I)cc(C(Br)C(C)=O)c1. The van der Waals surface area contributed by atoms with Crippen molar-refractivity contribution in [3.8, 4) is 0 Å². The third kappa shape index (κ3) is 3.05. The monoisotopic (exact) mass is 366 g/mol. The average Bonchev–Trinajstić information content (AvgIpc) is 2.15. The highest BCUT2D eigenvalue weighted by atomic mass is 127. The fraction of sp³-hybridized carbons (Fsp3) is 0.364. The molecule has 1 unspecified atom stereocenters. The van der Waals surface area contributed by atoms with E-state index in [4.69, 9.17) is 0 Å². The number of carbonyl (C=O) groups excluding carboxylic acids is 1. The minimum atomic E-state index is -0.164. The Morgan fingerprint density at radius 1 is 1.50 bits per heavy atom. The van der Waals surface area contributed by atoms with Crippen LogP contribution < -0.4 is 0 Å². The number of aryl methyl sites for hydroxylation is 1. The fourth-order valence-electron chi connectivity index (χ4n) is 1.26. The zero-order valence-electron chi connectivity index (χ0n) is 8.18. The molecule has 0 saturated heterocycles. The predicted octanol–water partition coefficient (Wildman–Crippen LogP) is 3.88. The molecule has 0 aliphatic carbocycles. The molecular formula is C11H12BrIO. The Morgan fingerprint density at radius 2 is 2.14 bits per heavy atom. The lowest BCUT2D eigenvalue weighted by atomic mass is 10.1. The molecule has 1 aromatic carbocycles. The van der Waals surface area contributed by atoms with Gasteiger partial charge in [0.2, 0.25) is 0 Å². The van der Waals surface area contributed by atoms with Crippen LogP contribution in [0.2, 0.25) is 0 Å². The van der Waals surface area contributed by atoms with Gasteiger partial charge < -0.3 is 0 Å². The molecule has 0 saturated carbocycles. The molecule has 1 nitrogen and oxygen atoms in total. The minimum absolute atomic E-state index is 0.147. The number of hydrogen-bond acceptors (Lipinski definition) is 1. The van der Waals surface area contributed by atoms with E-state index in [0.29, 0.717) is 0 Å². The summed E-state index contributed by atoms with van der Waals surface area (Å²) in [5, 5.41) is 0. The van der Waals surface area contributed by atoms with Gasteiger partial charge in [-0.2, -0.15) is 0 Å².